The van der Waals surface area contributed by atoms with Crippen LogP contribution in [0.1, 0.15) is 55.5 Å². The number of carboxylic acids is 1. The standard InChI is InChI=1S/C20H24O3/c1-3-7-14-11-12-19(21)17(8-4-2)18(14)13-15-9-5-6-10-16(15)20(22)23/h5-6,9-12,17H,3-4,7-8,13H2,1-2H3,(H,22,23). The Balaban J connectivity index is 2.44. The molecule has 1 aliphatic carbocycles. The van der Waals surface area contributed by atoms with Gasteiger partial charge in [0.25, 0.3) is 0 Å². The first-order valence-electron chi connectivity index (χ1n) is 8.33. The van der Waals surface area contributed by atoms with Crippen molar-refractivity contribution in [3.05, 3.63) is 58.7 Å². The summed E-state index contributed by atoms with van der Waals surface area (Å²) in [5, 5.41) is 9.39. The van der Waals surface area contributed by atoms with Gasteiger partial charge in [0, 0.05) is 5.92 Å². The third-order valence-electron chi connectivity index (χ3n) is 4.35. The fourth-order valence-corrected chi connectivity index (χ4v) is 3.24. The molecule has 0 aromatic heterocycles. The number of carboxylic acid groups (broad SMARTS) is 1. The van der Waals surface area contributed by atoms with E-state index in [1.54, 1.807) is 18.2 Å². The molecule has 1 aromatic carbocycles. The van der Waals surface area contributed by atoms with E-state index in [1.165, 1.54) is 5.57 Å². The van der Waals surface area contributed by atoms with Gasteiger partial charge in [-0.1, -0.05) is 56.5 Å². The van der Waals surface area contributed by atoms with Gasteiger partial charge in [0.15, 0.2) is 5.78 Å². The molecule has 0 heterocycles. The van der Waals surface area contributed by atoms with Crippen molar-refractivity contribution < 1.29 is 14.7 Å². The minimum absolute atomic E-state index is 0.103. The number of hydrogen-bond acceptors (Lipinski definition) is 2. The van der Waals surface area contributed by atoms with E-state index in [1.807, 2.05) is 18.2 Å². The van der Waals surface area contributed by atoms with Crippen molar-refractivity contribution in [3.63, 3.8) is 0 Å². The highest BCUT2D eigenvalue weighted by Crippen LogP contribution is 2.32. The molecule has 1 unspecified atom stereocenters. The third-order valence-corrected chi connectivity index (χ3v) is 4.35. The smallest absolute Gasteiger partial charge is 0.335 e. The lowest BCUT2D eigenvalue weighted by Crippen LogP contribution is -2.21. The third kappa shape index (κ3) is 3.98. The predicted octanol–water partition coefficient (Wildman–Crippen LogP) is 4.58. The zero-order valence-corrected chi connectivity index (χ0v) is 13.8. The lowest BCUT2D eigenvalue weighted by atomic mass is 9.78. The second-order valence-corrected chi connectivity index (χ2v) is 6.02. The van der Waals surface area contributed by atoms with Crippen LogP contribution in [0.3, 0.4) is 0 Å². The Hall–Kier alpha value is -2.16. The van der Waals surface area contributed by atoms with Crippen LogP contribution in [-0.2, 0) is 11.2 Å². The largest absolute Gasteiger partial charge is 0.478 e. The number of ketones is 1. The molecule has 1 aromatic rings. The van der Waals surface area contributed by atoms with Gasteiger partial charge in [0.2, 0.25) is 0 Å². The molecule has 3 heteroatoms. The molecule has 0 saturated carbocycles. The van der Waals surface area contributed by atoms with E-state index in [9.17, 15) is 14.7 Å². The van der Waals surface area contributed by atoms with E-state index < -0.39 is 5.97 Å². The molecule has 1 aliphatic rings. The number of aromatic carboxylic acids is 1. The number of rotatable bonds is 7. The van der Waals surface area contributed by atoms with E-state index in [-0.39, 0.29) is 11.7 Å². The molecule has 0 amide bonds. The second-order valence-electron chi connectivity index (χ2n) is 6.02. The predicted molar refractivity (Wildman–Crippen MR) is 91.6 cm³/mol. The van der Waals surface area contributed by atoms with Crippen LogP contribution >= 0.6 is 0 Å². The second kappa shape index (κ2) is 7.91. The summed E-state index contributed by atoms with van der Waals surface area (Å²) in [6, 6.07) is 7.08. The van der Waals surface area contributed by atoms with Gasteiger partial charge in [-0.2, -0.15) is 0 Å². The summed E-state index contributed by atoms with van der Waals surface area (Å²) < 4.78 is 0. The van der Waals surface area contributed by atoms with Crippen LogP contribution in [0, 0.1) is 5.92 Å². The molecule has 0 radical (unpaired) electrons. The highest BCUT2D eigenvalue weighted by Gasteiger charge is 2.26. The van der Waals surface area contributed by atoms with Crippen LogP contribution in [0.4, 0.5) is 0 Å². The summed E-state index contributed by atoms with van der Waals surface area (Å²) in [7, 11) is 0. The molecule has 0 saturated heterocycles. The Morgan fingerprint density at radius 3 is 2.52 bits per heavy atom. The van der Waals surface area contributed by atoms with Gasteiger partial charge in [-0.05, 0) is 42.5 Å². The molecule has 1 atom stereocenters. The number of hydrogen-bond donors (Lipinski definition) is 1. The lowest BCUT2D eigenvalue weighted by Gasteiger charge is -2.25. The molecule has 0 spiro atoms. The first-order chi connectivity index (χ1) is 11.1. The van der Waals surface area contributed by atoms with Gasteiger partial charge in [-0.25, -0.2) is 4.79 Å². The maximum Gasteiger partial charge on any atom is 0.335 e. The average Bonchev–Trinajstić information content (AvgIpc) is 2.54. The van der Waals surface area contributed by atoms with Gasteiger partial charge in [-0.15, -0.1) is 0 Å². The molecular weight excluding hydrogens is 288 g/mol. The first kappa shape index (κ1) is 17.2. The van der Waals surface area contributed by atoms with Crippen molar-refractivity contribution in [2.45, 2.75) is 46.0 Å². The van der Waals surface area contributed by atoms with Crippen LogP contribution in [0.15, 0.2) is 47.6 Å². The van der Waals surface area contributed by atoms with Crippen LogP contribution in [0.5, 0.6) is 0 Å². The number of allylic oxidation sites excluding steroid dienone is 4. The maximum atomic E-state index is 12.3. The van der Waals surface area contributed by atoms with E-state index >= 15 is 0 Å². The van der Waals surface area contributed by atoms with Gasteiger partial charge in [0.05, 0.1) is 5.56 Å². The Bertz CT molecular complexity index is 653. The molecule has 0 fully saturated rings. The SMILES string of the molecule is CCCC1=C(Cc2ccccc2C(=O)O)C(CCC)C(=O)C=C1. The average molecular weight is 312 g/mol. The van der Waals surface area contributed by atoms with Gasteiger partial charge in [0.1, 0.15) is 0 Å². The minimum Gasteiger partial charge on any atom is -0.478 e. The molecule has 0 bridgehead atoms. The van der Waals surface area contributed by atoms with Crippen LogP contribution in [0.2, 0.25) is 0 Å². The molecule has 2 rings (SSSR count). The van der Waals surface area contributed by atoms with Crippen molar-refractivity contribution in [3.8, 4) is 0 Å². The Kier molecular flexibility index (Phi) is 5.91. The first-order valence-corrected chi connectivity index (χ1v) is 8.33. The highest BCUT2D eigenvalue weighted by atomic mass is 16.4. The quantitative estimate of drug-likeness (QED) is 0.802. The van der Waals surface area contributed by atoms with Gasteiger partial charge < -0.3 is 5.11 Å². The normalized spacial score (nSPS) is 17.7. The topological polar surface area (TPSA) is 54.4 Å². The van der Waals surface area contributed by atoms with Crippen molar-refractivity contribution in [1.82, 2.24) is 0 Å². The molecule has 1 N–H and O–H groups in total. The molecule has 3 nitrogen and oxygen atoms in total. The van der Waals surface area contributed by atoms with Crippen molar-refractivity contribution in [1.29, 1.82) is 0 Å². The lowest BCUT2D eigenvalue weighted by molar-refractivity contribution is -0.117. The monoisotopic (exact) mass is 312 g/mol. The summed E-state index contributed by atoms with van der Waals surface area (Å²) in [5.41, 5.74) is 3.42. The van der Waals surface area contributed by atoms with E-state index in [4.69, 9.17) is 0 Å². The molecular formula is C20H24O3. The fourth-order valence-electron chi connectivity index (χ4n) is 3.24. The molecule has 0 aliphatic heterocycles. The van der Waals surface area contributed by atoms with Crippen LogP contribution in [0.25, 0.3) is 0 Å². The van der Waals surface area contributed by atoms with E-state index in [2.05, 4.69) is 13.8 Å². The summed E-state index contributed by atoms with van der Waals surface area (Å²) in [4.78, 5) is 23.8. The number of carbonyl (C=O) groups is 2. The number of benzene rings is 1. The Morgan fingerprint density at radius 2 is 1.87 bits per heavy atom. The maximum absolute atomic E-state index is 12.3. The highest BCUT2D eigenvalue weighted by molar-refractivity contribution is 5.96. The van der Waals surface area contributed by atoms with Crippen molar-refractivity contribution in [2.24, 2.45) is 5.92 Å². The van der Waals surface area contributed by atoms with Crippen molar-refractivity contribution >= 4 is 11.8 Å². The van der Waals surface area contributed by atoms with Crippen molar-refractivity contribution in [2.75, 3.05) is 0 Å². The summed E-state index contributed by atoms with van der Waals surface area (Å²) in [5.74, 6) is -0.870. The zero-order chi connectivity index (χ0) is 16.8. The van der Waals surface area contributed by atoms with E-state index in [0.717, 1.165) is 36.8 Å². The van der Waals surface area contributed by atoms with Gasteiger partial charge in [-0.3, -0.25) is 4.79 Å². The van der Waals surface area contributed by atoms with Crippen LogP contribution in [-0.4, -0.2) is 16.9 Å². The summed E-state index contributed by atoms with van der Waals surface area (Å²) in [6.07, 6.45) is 7.85. The number of carbonyl (C=O) groups excluding carboxylic acids is 1. The summed E-state index contributed by atoms with van der Waals surface area (Å²) >= 11 is 0. The van der Waals surface area contributed by atoms with Gasteiger partial charge >= 0.3 is 5.97 Å². The summed E-state index contributed by atoms with van der Waals surface area (Å²) in [6.45, 7) is 4.20. The fraction of sp³-hybridized carbons (Fsp3) is 0.400. The van der Waals surface area contributed by atoms with E-state index in [0.29, 0.717) is 12.0 Å². The van der Waals surface area contributed by atoms with Crippen LogP contribution < -0.4 is 0 Å². The molecule has 23 heavy (non-hydrogen) atoms. The Morgan fingerprint density at radius 1 is 1.13 bits per heavy atom. The Labute approximate surface area is 137 Å². The molecule has 122 valence electrons. The zero-order valence-electron chi connectivity index (χ0n) is 13.8. The minimum atomic E-state index is -0.914.